The van der Waals surface area contributed by atoms with Gasteiger partial charge in [0.2, 0.25) is 5.91 Å². The summed E-state index contributed by atoms with van der Waals surface area (Å²) in [6.45, 7) is 3.04. The highest BCUT2D eigenvalue weighted by Crippen LogP contribution is 2.30. The number of anilines is 2. The Bertz CT molecular complexity index is 1230. The predicted molar refractivity (Wildman–Crippen MR) is 124 cm³/mol. The van der Waals surface area contributed by atoms with Crippen molar-refractivity contribution in [3.05, 3.63) is 83.7 Å². The molecule has 174 valence electrons. The van der Waals surface area contributed by atoms with Crippen LogP contribution in [0.3, 0.4) is 0 Å². The average Bonchev–Trinajstić information content (AvgIpc) is 2.77. The molecule has 0 aliphatic carbocycles. The molecule has 3 aromatic rings. The van der Waals surface area contributed by atoms with Crippen molar-refractivity contribution in [3.8, 4) is 5.75 Å². The topological polar surface area (TPSA) is 105 Å². The molecular weight excluding hydrogens is 447 g/mol. The van der Waals surface area contributed by atoms with E-state index in [1.54, 1.807) is 31.2 Å². The van der Waals surface area contributed by atoms with E-state index in [0.717, 1.165) is 0 Å². The minimum Gasteiger partial charge on any atom is -0.492 e. The number of hydrogen-bond acceptors (Lipinski definition) is 5. The first-order chi connectivity index (χ1) is 15.7. The SMILES string of the molecule is CCOc1cc(NC(=O)[C@@H](CO)c2ccccc2)ccc1S(=O)(=O)Nc1ccc(F)c(C)c1. The number of hydrogen-bond donors (Lipinski definition) is 3. The molecule has 0 fully saturated rings. The lowest BCUT2D eigenvalue weighted by atomic mass is 9.99. The van der Waals surface area contributed by atoms with Crippen LogP contribution in [0.1, 0.15) is 24.0 Å². The fraction of sp³-hybridized carbons (Fsp3) is 0.208. The number of halogens is 1. The number of benzene rings is 3. The van der Waals surface area contributed by atoms with Gasteiger partial charge >= 0.3 is 0 Å². The van der Waals surface area contributed by atoms with Crippen molar-refractivity contribution >= 4 is 27.3 Å². The number of carbonyl (C=O) groups excluding carboxylic acids is 1. The summed E-state index contributed by atoms with van der Waals surface area (Å²) in [5.41, 5.74) is 1.48. The number of aryl methyl sites for hydroxylation is 1. The van der Waals surface area contributed by atoms with Gasteiger partial charge in [0.1, 0.15) is 16.5 Å². The number of aliphatic hydroxyl groups is 1. The third kappa shape index (κ3) is 5.88. The van der Waals surface area contributed by atoms with E-state index < -0.39 is 27.7 Å². The number of aliphatic hydroxyl groups excluding tert-OH is 1. The van der Waals surface area contributed by atoms with Crippen LogP contribution in [0.2, 0.25) is 0 Å². The van der Waals surface area contributed by atoms with Crippen LogP contribution in [0.5, 0.6) is 5.75 Å². The predicted octanol–water partition coefficient (Wildman–Crippen LogP) is 4.05. The second-order valence-electron chi connectivity index (χ2n) is 7.30. The first kappa shape index (κ1) is 24.2. The van der Waals surface area contributed by atoms with Gasteiger partial charge in [0.25, 0.3) is 10.0 Å². The number of amides is 1. The molecule has 33 heavy (non-hydrogen) atoms. The van der Waals surface area contributed by atoms with Crippen molar-refractivity contribution in [2.45, 2.75) is 24.7 Å². The zero-order chi connectivity index (χ0) is 24.0. The molecule has 3 rings (SSSR count). The zero-order valence-electron chi connectivity index (χ0n) is 18.2. The van der Waals surface area contributed by atoms with Crippen LogP contribution in [0.15, 0.2) is 71.6 Å². The number of nitrogens with one attached hydrogen (secondary N) is 2. The molecule has 0 aromatic heterocycles. The lowest BCUT2D eigenvalue weighted by Gasteiger charge is -2.17. The van der Waals surface area contributed by atoms with Gasteiger partial charge in [0.15, 0.2) is 0 Å². The highest BCUT2D eigenvalue weighted by Gasteiger charge is 2.23. The second kappa shape index (κ2) is 10.5. The second-order valence-corrected chi connectivity index (χ2v) is 8.95. The molecule has 1 atom stereocenters. The Balaban J connectivity index is 1.86. The molecule has 0 saturated heterocycles. The third-order valence-corrected chi connectivity index (χ3v) is 6.33. The van der Waals surface area contributed by atoms with Crippen LogP contribution in [0, 0.1) is 12.7 Å². The first-order valence-electron chi connectivity index (χ1n) is 10.3. The fourth-order valence-electron chi connectivity index (χ4n) is 3.25. The first-order valence-corrected chi connectivity index (χ1v) is 11.8. The van der Waals surface area contributed by atoms with E-state index in [0.29, 0.717) is 16.8 Å². The van der Waals surface area contributed by atoms with Gasteiger partial charge in [-0.05, 0) is 55.3 Å². The van der Waals surface area contributed by atoms with E-state index in [4.69, 9.17) is 4.74 Å². The van der Waals surface area contributed by atoms with Crippen molar-refractivity contribution in [1.82, 2.24) is 0 Å². The minimum atomic E-state index is -4.06. The van der Waals surface area contributed by atoms with Crippen LogP contribution in [0.4, 0.5) is 15.8 Å². The monoisotopic (exact) mass is 472 g/mol. The van der Waals surface area contributed by atoms with Gasteiger partial charge in [-0.1, -0.05) is 30.3 Å². The lowest BCUT2D eigenvalue weighted by Crippen LogP contribution is -2.24. The summed E-state index contributed by atoms with van der Waals surface area (Å²) in [7, 11) is -4.06. The molecule has 0 unspecified atom stereocenters. The Morgan fingerprint density at radius 1 is 1.06 bits per heavy atom. The molecule has 0 radical (unpaired) electrons. The maximum Gasteiger partial charge on any atom is 0.265 e. The summed E-state index contributed by atoms with van der Waals surface area (Å²) >= 11 is 0. The van der Waals surface area contributed by atoms with E-state index in [-0.39, 0.29) is 29.5 Å². The summed E-state index contributed by atoms with van der Waals surface area (Å²) < 4.78 is 47.4. The Kier molecular flexibility index (Phi) is 7.67. The Morgan fingerprint density at radius 2 is 1.76 bits per heavy atom. The molecule has 7 nitrogen and oxygen atoms in total. The molecule has 9 heteroatoms. The Hall–Kier alpha value is -3.43. The van der Waals surface area contributed by atoms with Crippen LogP contribution in [-0.2, 0) is 14.8 Å². The Morgan fingerprint density at radius 3 is 2.39 bits per heavy atom. The normalized spacial score (nSPS) is 12.1. The van der Waals surface area contributed by atoms with E-state index >= 15 is 0 Å². The Labute approximate surface area is 192 Å². The highest BCUT2D eigenvalue weighted by atomic mass is 32.2. The average molecular weight is 473 g/mol. The summed E-state index contributed by atoms with van der Waals surface area (Å²) in [6, 6.07) is 16.9. The van der Waals surface area contributed by atoms with E-state index in [1.807, 2.05) is 6.07 Å². The van der Waals surface area contributed by atoms with E-state index in [9.17, 15) is 22.7 Å². The molecule has 3 N–H and O–H groups in total. The number of carbonyl (C=O) groups is 1. The smallest absolute Gasteiger partial charge is 0.265 e. The molecule has 0 aliphatic heterocycles. The summed E-state index contributed by atoms with van der Waals surface area (Å²) in [6.07, 6.45) is 0. The molecule has 0 saturated carbocycles. The molecular formula is C24H25FN2O5S. The quantitative estimate of drug-likeness (QED) is 0.436. The van der Waals surface area contributed by atoms with Crippen molar-refractivity contribution in [1.29, 1.82) is 0 Å². The lowest BCUT2D eigenvalue weighted by molar-refractivity contribution is -0.118. The van der Waals surface area contributed by atoms with Gasteiger partial charge in [-0.2, -0.15) is 0 Å². The van der Waals surface area contributed by atoms with Crippen molar-refractivity contribution < 1.29 is 27.4 Å². The number of rotatable bonds is 9. The summed E-state index contributed by atoms with van der Waals surface area (Å²) in [5.74, 6) is -1.62. The van der Waals surface area contributed by atoms with Gasteiger partial charge in [0.05, 0.1) is 19.1 Å². The molecule has 3 aromatic carbocycles. The van der Waals surface area contributed by atoms with Gasteiger partial charge in [0, 0.05) is 17.4 Å². The van der Waals surface area contributed by atoms with E-state index in [2.05, 4.69) is 10.0 Å². The van der Waals surface area contributed by atoms with E-state index in [1.165, 1.54) is 43.3 Å². The summed E-state index contributed by atoms with van der Waals surface area (Å²) in [4.78, 5) is 12.6. The molecule has 1 amide bonds. The van der Waals surface area contributed by atoms with Gasteiger partial charge < -0.3 is 15.2 Å². The molecule has 0 spiro atoms. The van der Waals surface area contributed by atoms with Gasteiger partial charge in [-0.3, -0.25) is 9.52 Å². The number of sulfonamides is 1. The van der Waals surface area contributed by atoms with Crippen molar-refractivity contribution in [2.24, 2.45) is 0 Å². The maximum absolute atomic E-state index is 13.5. The molecule has 0 heterocycles. The van der Waals surface area contributed by atoms with Crippen LogP contribution in [0.25, 0.3) is 0 Å². The standard InChI is InChI=1S/C24H25FN2O5S/c1-3-32-22-14-18(26-24(29)20(15-28)17-7-5-4-6-8-17)10-12-23(22)33(30,31)27-19-9-11-21(25)16(2)13-19/h4-14,20,27-28H,3,15H2,1-2H3,(H,26,29)/t20-/m0/s1. The van der Waals surface area contributed by atoms with Crippen LogP contribution >= 0.6 is 0 Å². The molecule has 0 aliphatic rings. The van der Waals surface area contributed by atoms with Gasteiger partial charge in [-0.25, -0.2) is 12.8 Å². The molecule has 0 bridgehead atoms. The largest absolute Gasteiger partial charge is 0.492 e. The van der Waals surface area contributed by atoms with Crippen molar-refractivity contribution in [2.75, 3.05) is 23.3 Å². The fourth-order valence-corrected chi connectivity index (χ4v) is 4.43. The maximum atomic E-state index is 13.5. The van der Waals surface area contributed by atoms with Crippen molar-refractivity contribution in [3.63, 3.8) is 0 Å². The summed E-state index contributed by atoms with van der Waals surface area (Å²) in [5, 5.41) is 12.4. The minimum absolute atomic E-state index is 0.0434. The number of ether oxygens (including phenoxy) is 1. The third-order valence-electron chi connectivity index (χ3n) is 4.91. The van der Waals surface area contributed by atoms with Gasteiger partial charge in [-0.15, -0.1) is 0 Å². The highest BCUT2D eigenvalue weighted by molar-refractivity contribution is 7.92. The van der Waals surface area contributed by atoms with Crippen LogP contribution < -0.4 is 14.8 Å². The van der Waals surface area contributed by atoms with Crippen LogP contribution in [-0.4, -0.2) is 32.6 Å². The zero-order valence-corrected chi connectivity index (χ0v) is 19.0.